The second-order valence-electron chi connectivity index (χ2n) is 3.62. The van der Waals surface area contributed by atoms with E-state index in [1.807, 2.05) is 6.92 Å². The molecule has 94 valence electrons. The zero-order valence-corrected chi connectivity index (χ0v) is 11.5. The largest absolute Gasteiger partial charge is 0.466 e. The van der Waals surface area contributed by atoms with Crippen LogP contribution in [0.4, 0.5) is 5.69 Å². The Morgan fingerprint density at radius 3 is 2.88 bits per heavy atom. The Balaban J connectivity index is 2.58. The average Bonchev–Trinajstić information content (AvgIpc) is 2.28. The van der Waals surface area contributed by atoms with Crippen LogP contribution >= 0.6 is 23.4 Å². The monoisotopic (exact) mass is 273 g/mol. The summed E-state index contributed by atoms with van der Waals surface area (Å²) >= 11 is 7.51. The van der Waals surface area contributed by atoms with Gasteiger partial charge in [0.2, 0.25) is 0 Å². The zero-order valence-electron chi connectivity index (χ0n) is 9.90. The van der Waals surface area contributed by atoms with Gasteiger partial charge in [0.05, 0.1) is 17.5 Å². The molecule has 0 bridgehead atoms. The van der Waals surface area contributed by atoms with Gasteiger partial charge < -0.3 is 10.5 Å². The molecule has 1 unspecified atom stereocenters. The third-order valence-corrected chi connectivity index (χ3v) is 4.00. The van der Waals surface area contributed by atoms with Gasteiger partial charge in [-0.15, -0.1) is 11.8 Å². The molecule has 0 aliphatic heterocycles. The van der Waals surface area contributed by atoms with Gasteiger partial charge in [-0.05, 0) is 19.1 Å². The summed E-state index contributed by atoms with van der Waals surface area (Å²) in [5, 5.41) is 0.617. The number of hydrogen-bond donors (Lipinski definition) is 1. The van der Waals surface area contributed by atoms with Gasteiger partial charge in [0, 0.05) is 16.3 Å². The number of esters is 1. The molecule has 2 N–H and O–H groups in total. The molecule has 0 aromatic heterocycles. The third kappa shape index (κ3) is 4.13. The van der Waals surface area contributed by atoms with E-state index in [9.17, 15) is 4.79 Å². The van der Waals surface area contributed by atoms with Crippen molar-refractivity contribution in [1.29, 1.82) is 0 Å². The predicted octanol–water partition coefficient (Wildman–Crippen LogP) is 3.21. The van der Waals surface area contributed by atoms with Crippen LogP contribution in [0.15, 0.2) is 23.1 Å². The number of nitrogen functional groups attached to an aromatic ring is 1. The minimum absolute atomic E-state index is 0.171. The van der Waals surface area contributed by atoms with Crippen LogP contribution in [-0.4, -0.2) is 18.3 Å². The first-order valence-corrected chi connectivity index (χ1v) is 6.76. The van der Waals surface area contributed by atoms with E-state index >= 15 is 0 Å². The highest BCUT2D eigenvalue weighted by atomic mass is 35.5. The van der Waals surface area contributed by atoms with Crippen LogP contribution in [0, 0.1) is 5.92 Å². The number of nitrogens with two attached hydrogens (primary N) is 1. The first-order valence-electron chi connectivity index (χ1n) is 5.39. The van der Waals surface area contributed by atoms with E-state index in [0.29, 0.717) is 23.1 Å². The molecule has 0 heterocycles. The van der Waals surface area contributed by atoms with Crippen molar-refractivity contribution in [3.8, 4) is 0 Å². The lowest BCUT2D eigenvalue weighted by Crippen LogP contribution is -2.16. The smallest absolute Gasteiger partial charge is 0.309 e. The Kier molecular flexibility index (Phi) is 5.65. The maximum Gasteiger partial charge on any atom is 0.309 e. The second kappa shape index (κ2) is 6.77. The van der Waals surface area contributed by atoms with Gasteiger partial charge in [0.15, 0.2) is 0 Å². The van der Waals surface area contributed by atoms with E-state index < -0.39 is 0 Å². The van der Waals surface area contributed by atoms with E-state index in [-0.39, 0.29) is 11.9 Å². The van der Waals surface area contributed by atoms with Crippen molar-refractivity contribution in [3.63, 3.8) is 0 Å². The number of halogens is 1. The van der Waals surface area contributed by atoms with Crippen molar-refractivity contribution in [2.45, 2.75) is 18.7 Å². The lowest BCUT2D eigenvalue weighted by atomic mass is 10.2. The fraction of sp³-hybridized carbons (Fsp3) is 0.417. The van der Waals surface area contributed by atoms with Crippen molar-refractivity contribution in [1.82, 2.24) is 0 Å². The zero-order chi connectivity index (χ0) is 12.8. The van der Waals surface area contributed by atoms with Crippen LogP contribution in [0.1, 0.15) is 13.8 Å². The number of carbonyl (C=O) groups excluding carboxylic acids is 1. The Morgan fingerprint density at radius 2 is 2.29 bits per heavy atom. The van der Waals surface area contributed by atoms with Gasteiger partial charge >= 0.3 is 5.97 Å². The highest BCUT2D eigenvalue weighted by molar-refractivity contribution is 7.99. The lowest BCUT2D eigenvalue weighted by Gasteiger charge is -2.11. The molecule has 0 fully saturated rings. The minimum atomic E-state index is -0.189. The molecule has 3 nitrogen and oxygen atoms in total. The van der Waals surface area contributed by atoms with Crippen molar-refractivity contribution < 1.29 is 9.53 Å². The average molecular weight is 274 g/mol. The fourth-order valence-electron chi connectivity index (χ4n) is 1.24. The number of hydrogen-bond acceptors (Lipinski definition) is 4. The SMILES string of the molecule is CCOC(=O)C(C)CSc1c(N)cccc1Cl. The second-order valence-corrected chi connectivity index (χ2v) is 5.06. The number of thioether (sulfide) groups is 1. The molecule has 0 aliphatic carbocycles. The van der Waals surface area contributed by atoms with Crippen LogP contribution < -0.4 is 5.73 Å². The van der Waals surface area contributed by atoms with E-state index in [1.54, 1.807) is 25.1 Å². The quantitative estimate of drug-likeness (QED) is 0.508. The number of benzene rings is 1. The van der Waals surface area contributed by atoms with Gasteiger partial charge in [-0.2, -0.15) is 0 Å². The molecule has 0 amide bonds. The molecule has 1 aromatic carbocycles. The van der Waals surface area contributed by atoms with Crippen LogP contribution in [0.5, 0.6) is 0 Å². The van der Waals surface area contributed by atoms with Crippen molar-refractivity contribution >= 4 is 35.0 Å². The fourth-order valence-corrected chi connectivity index (χ4v) is 2.58. The van der Waals surface area contributed by atoms with Crippen LogP contribution in [0.3, 0.4) is 0 Å². The van der Waals surface area contributed by atoms with Gasteiger partial charge in [-0.3, -0.25) is 4.79 Å². The topological polar surface area (TPSA) is 52.3 Å². The molecule has 0 aliphatic rings. The maximum absolute atomic E-state index is 11.4. The first-order chi connectivity index (χ1) is 8.06. The summed E-state index contributed by atoms with van der Waals surface area (Å²) in [4.78, 5) is 12.3. The normalized spacial score (nSPS) is 12.2. The molecule has 0 radical (unpaired) electrons. The third-order valence-electron chi connectivity index (χ3n) is 2.16. The Morgan fingerprint density at radius 1 is 1.59 bits per heavy atom. The number of anilines is 1. The number of ether oxygens (including phenoxy) is 1. The van der Waals surface area contributed by atoms with Crippen molar-refractivity contribution in [2.75, 3.05) is 18.1 Å². The van der Waals surface area contributed by atoms with Gasteiger partial charge in [0.25, 0.3) is 0 Å². The molecule has 0 spiro atoms. The summed E-state index contributed by atoms with van der Waals surface area (Å²) in [5.41, 5.74) is 6.46. The number of carbonyl (C=O) groups is 1. The molecule has 1 atom stereocenters. The first kappa shape index (κ1) is 14.2. The van der Waals surface area contributed by atoms with Crippen LogP contribution in [-0.2, 0) is 9.53 Å². The summed E-state index contributed by atoms with van der Waals surface area (Å²) in [6, 6.07) is 5.38. The highest BCUT2D eigenvalue weighted by Gasteiger charge is 2.15. The van der Waals surface area contributed by atoms with Crippen molar-refractivity contribution in [3.05, 3.63) is 23.2 Å². The van der Waals surface area contributed by atoms with Gasteiger partial charge in [-0.25, -0.2) is 0 Å². The molecular formula is C12H16ClNO2S. The molecular weight excluding hydrogens is 258 g/mol. The van der Waals surface area contributed by atoms with Gasteiger partial charge in [0.1, 0.15) is 0 Å². The highest BCUT2D eigenvalue weighted by Crippen LogP contribution is 2.33. The standard InChI is InChI=1S/C12H16ClNO2S/c1-3-16-12(15)8(2)7-17-11-9(13)5-4-6-10(11)14/h4-6,8H,3,7,14H2,1-2H3. The summed E-state index contributed by atoms with van der Waals surface area (Å²) in [6.07, 6.45) is 0. The summed E-state index contributed by atoms with van der Waals surface area (Å²) in [5.74, 6) is 0.244. The number of rotatable bonds is 5. The van der Waals surface area contributed by atoms with Crippen LogP contribution in [0.2, 0.25) is 5.02 Å². The molecule has 0 saturated heterocycles. The maximum atomic E-state index is 11.4. The van der Waals surface area contributed by atoms with Crippen molar-refractivity contribution in [2.24, 2.45) is 5.92 Å². The van der Waals surface area contributed by atoms with E-state index in [4.69, 9.17) is 22.1 Å². The summed E-state index contributed by atoms with van der Waals surface area (Å²) < 4.78 is 4.94. The Hall–Kier alpha value is -0.870. The summed E-state index contributed by atoms with van der Waals surface area (Å²) in [7, 11) is 0. The molecule has 5 heteroatoms. The van der Waals surface area contributed by atoms with E-state index in [2.05, 4.69) is 0 Å². The Labute approximate surface area is 111 Å². The minimum Gasteiger partial charge on any atom is -0.466 e. The van der Waals surface area contributed by atoms with E-state index in [1.165, 1.54) is 11.8 Å². The van der Waals surface area contributed by atoms with E-state index in [0.717, 1.165) is 4.90 Å². The molecule has 1 aromatic rings. The Bertz CT molecular complexity index is 378. The molecule has 0 saturated carbocycles. The predicted molar refractivity (Wildman–Crippen MR) is 72.4 cm³/mol. The summed E-state index contributed by atoms with van der Waals surface area (Å²) in [6.45, 7) is 4.03. The molecule has 17 heavy (non-hydrogen) atoms. The van der Waals surface area contributed by atoms with Gasteiger partial charge in [-0.1, -0.05) is 24.6 Å². The lowest BCUT2D eigenvalue weighted by molar-refractivity contribution is -0.146. The van der Waals surface area contributed by atoms with Crippen LogP contribution in [0.25, 0.3) is 0 Å². The molecule has 1 rings (SSSR count).